The second-order valence-electron chi connectivity index (χ2n) is 7.52. The predicted octanol–water partition coefficient (Wildman–Crippen LogP) is 2.59. The summed E-state index contributed by atoms with van der Waals surface area (Å²) in [6.07, 6.45) is 0.332. The number of nitrogens with zero attached hydrogens (tertiary/aromatic N) is 1. The van der Waals surface area contributed by atoms with Gasteiger partial charge in [0, 0.05) is 31.4 Å². The molecule has 8 nitrogen and oxygen atoms in total. The van der Waals surface area contributed by atoms with E-state index in [-0.39, 0.29) is 42.9 Å². The molecule has 8 heteroatoms. The van der Waals surface area contributed by atoms with E-state index in [9.17, 15) is 14.4 Å². The van der Waals surface area contributed by atoms with Crippen LogP contribution in [0.15, 0.2) is 59.0 Å². The molecule has 0 radical (unpaired) electrons. The molecule has 0 saturated carbocycles. The zero-order chi connectivity index (χ0) is 22.3. The predicted molar refractivity (Wildman–Crippen MR) is 119 cm³/mol. The van der Waals surface area contributed by atoms with Gasteiger partial charge in [0.25, 0.3) is 5.91 Å². The number of nitrogens with one attached hydrogen (secondary N) is 2. The quantitative estimate of drug-likeness (QED) is 0.594. The van der Waals surface area contributed by atoms with Crippen LogP contribution in [0.5, 0.6) is 0 Å². The van der Waals surface area contributed by atoms with E-state index in [1.807, 2.05) is 42.5 Å². The van der Waals surface area contributed by atoms with Gasteiger partial charge in [-0.3, -0.25) is 14.4 Å². The van der Waals surface area contributed by atoms with Crippen LogP contribution in [-0.4, -0.2) is 55.5 Å². The normalized spacial score (nSPS) is 13.7. The third-order valence-electron chi connectivity index (χ3n) is 5.23. The van der Waals surface area contributed by atoms with Gasteiger partial charge in [0.1, 0.15) is 11.3 Å². The van der Waals surface area contributed by atoms with Crippen molar-refractivity contribution in [3.05, 3.63) is 65.9 Å². The highest BCUT2D eigenvalue weighted by atomic mass is 16.5. The highest BCUT2D eigenvalue weighted by Crippen LogP contribution is 2.32. The van der Waals surface area contributed by atoms with E-state index in [2.05, 4.69) is 10.6 Å². The van der Waals surface area contributed by atoms with Crippen molar-refractivity contribution in [3.8, 4) is 0 Å². The molecule has 3 aromatic rings. The van der Waals surface area contributed by atoms with Gasteiger partial charge in [-0.2, -0.15) is 0 Å². The molecular formula is C24H25N3O5. The molecule has 0 aliphatic carbocycles. The number of ether oxygens (including phenoxy) is 1. The van der Waals surface area contributed by atoms with Crippen molar-refractivity contribution in [3.63, 3.8) is 0 Å². The highest BCUT2D eigenvalue weighted by molar-refractivity contribution is 6.10. The minimum atomic E-state index is -0.312. The molecule has 0 unspecified atom stereocenters. The number of carbonyl (C=O) groups excluding carboxylic acids is 3. The summed E-state index contributed by atoms with van der Waals surface area (Å²) in [5, 5.41) is 6.23. The number of hydrogen-bond acceptors (Lipinski definition) is 5. The van der Waals surface area contributed by atoms with Gasteiger partial charge < -0.3 is 24.7 Å². The fourth-order valence-corrected chi connectivity index (χ4v) is 3.59. The maximum Gasteiger partial charge on any atom is 0.291 e. The monoisotopic (exact) mass is 435 g/mol. The Balaban J connectivity index is 1.39. The van der Waals surface area contributed by atoms with E-state index < -0.39 is 0 Å². The third-order valence-corrected chi connectivity index (χ3v) is 5.23. The van der Waals surface area contributed by atoms with E-state index >= 15 is 0 Å². The first kappa shape index (κ1) is 21.6. The number of amides is 3. The Morgan fingerprint density at radius 1 is 0.906 bits per heavy atom. The van der Waals surface area contributed by atoms with Crippen molar-refractivity contribution in [2.24, 2.45) is 0 Å². The molecule has 1 aliphatic rings. The van der Waals surface area contributed by atoms with Crippen LogP contribution in [0.3, 0.4) is 0 Å². The van der Waals surface area contributed by atoms with Crippen LogP contribution in [0.2, 0.25) is 0 Å². The smallest absolute Gasteiger partial charge is 0.291 e. The van der Waals surface area contributed by atoms with Crippen molar-refractivity contribution in [2.75, 3.05) is 38.2 Å². The number of benzene rings is 2. The van der Waals surface area contributed by atoms with Gasteiger partial charge in [0.15, 0.2) is 0 Å². The molecule has 1 aromatic heterocycles. The van der Waals surface area contributed by atoms with Gasteiger partial charge >= 0.3 is 0 Å². The summed E-state index contributed by atoms with van der Waals surface area (Å²) in [5.74, 6) is -0.640. The van der Waals surface area contributed by atoms with Crippen molar-refractivity contribution < 1.29 is 23.5 Å². The summed E-state index contributed by atoms with van der Waals surface area (Å²) in [6.45, 7) is 2.07. The van der Waals surface area contributed by atoms with E-state index in [1.165, 1.54) is 0 Å². The van der Waals surface area contributed by atoms with E-state index in [0.29, 0.717) is 43.0 Å². The Labute approximate surface area is 185 Å². The van der Waals surface area contributed by atoms with Gasteiger partial charge in [-0.25, -0.2) is 0 Å². The first-order valence-corrected chi connectivity index (χ1v) is 10.6. The molecule has 0 atom stereocenters. The Bertz CT molecular complexity index is 1100. The number of morpholine rings is 1. The average Bonchev–Trinajstić information content (AvgIpc) is 3.18. The summed E-state index contributed by atoms with van der Waals surface area (Å²) < 4.78 is 11.1. The molecule has 2 heterocycles. The Morgan fingerprint density at radius 2 is 1.62 bits per heavy atom. The standard InChI is InChI=1S/C24H25N3O5/c28-20(10-11-25-21(29)16-17-6-2-1-3-7-17)26-22-18-8-4-5-9-19(18)32-23(22)24(30)27-12-14-31-15-13-27/h1-9H,10-16H2,(H,25,29)(H,26,28). The SMILES string of the molecule is O=C(Cc1ccccc1)NCCC(=O)Nc1c(C(=O)N2CCOCC2)oc2ccccc12. The van der Waals surface area contributed by atoms with Crippen LogP contribution in [-0.2, 0) is 20.7 Å². The van der Waals surface area contributed by atoms with Gasteiger partial charge in [-0.1, -0.05) is 42.5 Å². The zero-order valence-electron chi connectivity index (χ0n) is 17.6. The van der Waals surface area contributed by atoms with Crippen LogP contribution in [0.4, 0.5) is 5.69 Å². The van der Waals surface area contributed by atoms with Crippen LogP contribution in [0.25, 0.3) is 11.0 Å². The van der Waals surface area contributed by atoms with Crippen LogP contribution < -0.4 is 10.6 Å². The van der Waals surface area contributed by atoms with Crippen molar-refractivity contribution >= 4 is 34.4 Å². The number of hydrogen-bond donors (Lipinski definition) is 2. The lowest BCUT2D eigenvalue weighted by atomic mass is 10.1. The van der Waals surface area contributed by atoms with Crippen molar-refractivity contribution in [1.82, 2.24) is 10.2 Å². The third kappa shape index (κ3) is 5.15. The number of anilines is 1. The van der Waals surface area contributed by atoms with Crippen LogP contribution >= 0.6 is 0 Å². The minimum Gasteiger partial charge on any atom is -0.449 e. The second kappa shape index (κ2) is 10.1. The molecule has 3 amide bonds. The Kier molecular flexibility index (Phi) is 6.81. The average molecular weight is 435 g/mol. The molecule has 2 N–H and O–H groups in total. The lowest BCUT2D eigenvalue weighted by molar-refractivity contribution is -0.120. The number of fused-ring (bicyclic) bond motifs is 1. The number of para-hydroxylation sites is 1. The molecule has 32 heavy (non-hydrogen) atoms. The van der Waals surface area contributed by atoms with E-state index in [0.717, 1.165) is 5.56 Å². The number of rotatable bonds is 7. The first-order chi connectivity index (χ1) is 15.6. The Morgan fingerprint density at radius 3 is 2.41 bits per heavy atom. The van der Waals surface area contributed by atoms with E-state index in [4.69, 9.17) is 9.15 Å². The lowest BCUT2D eigenvalue weighted by Crippen LogP contribution is -2.40. The molecule has 1 fully saturated rings. The van der Waals surface area contributed by atoms with Gasteiger partial charge in [-0.15, -0.1) is 0 Å². The molecule has 166 valence electrons. The van der Waals surface area contributed by atoms with Gasteiger partial charge in [0.2, 0.25) is 17.6 Å². The summed E-state index contributed by atoms with van der Waals surface area (Å²) in [7, 11) is 0. The topological polar surface area (TPSA) is 101 Å². The van der Waals surface area contributed by atoms with Crippen LogP contribution in [0, 0.1) is 0 Å². The summed E-state index contributed by atoms with van der Waals surface area (Å²) in [5.41, 5.74) is 1.79. The fourth-order valence-electron chi connectivity index (χ4n) is 3.59. The molecule has 4 rings (SSSR count). The van der Waals surface area contributed by atoms with Crippen molar-refractivity contribution in [2.45, 2.75) is 12.8 Å². The van der Waals surface area contributed by atoms with E-state index in [1.54, 1.807) is 17.0 Å². The fraction of sp³-hybridized carbons (Fsp3) is 0.292. The summed E-state index contributed by atoms with van der Waals surface area (Å²) in [4.78, 5) is 39.4. The second-order valence-corrected chi connectivity index (χ2v) is 7.52. The number of furan rings is 1. The molecule has 1 saturated heterocycles. The molecular weight excluding hydrogens is 410 g/mol. The lowest BCUT2D eigenvalue weighted by Gasteiger charge is -2.26. The maximum atomic E-state index is 13.0. The summed E-state index contributed by atoms with van der Waals surface area (Å²) >= 11 is 0. The van der Waals surface area contributed by atoms with Crippen molar-refractivity contribution in [1.29, 1.82) is 0 Å². The minimum absolute atomic E-state index is 0.0746. The van der Waals surface area contributed by atoms with Gasteiger partial charge in [0.05, 0.1) is 19.6 Å². The van der Waals surface area contributed by atoms with Gasteiger partial charge in [-0.05, 0) is 17.7 Å². The molecule has 0 spiro atoms. The molecule has 1 aliphatic heterocycles. The molecule has 0 bridgehead atoms. The largest absolute Gasteiger partial charge is 0.449 e. The zero-order valence-corrected chi connectivity index (χ0v) is 17.6. The summed E-state index contributed by atoms with van der Waals surface area (Å²) in [6, 6.07) is 16.6. The maximum absolute atomic E-state index is 13.0. The highest BCUT2D eigenvalue weighted by Gasteiger charge is 2.27. The number of carbonyl (C=O) groups is 3. The van der Waals surface area contributed by atoms with Crippen LogP contribution in [0.1, 0.15) is 22.5 Å². The molecule has 2 aromatic carbocycles. The first-order valence-electron chi connectivity index (χ1n) is 10.6. The Hall–Kier alpha value is -3.65.